The molecule has 3 aromatic rings. The van der Waals surface area contributed by atoms with E-state index < -0.39 is 0 Å². The van der Waals surface area contributed by atoms with Crippen LogP contribution in [-0.2, 0) is 6.54 Å². The number of nitrogens with zero attached hydrogens (tertiary/aromatic N) is 6. The van der Waals surface area contributed by atoms with E-state index >= 15 is 0 Å². The SMILES string of the molecule is Cc1noc2ncc(C(=O)N3CCC[C@H]3Cn3cc(C4CC4)nn3)cc12. The van der Waals surface area contributed by atoms with Crippen molar-refractivity contribution >= 4 is 17.0 Å². The molecule has 26 heavy (non-hydrogen) atoms. The smallest absolute Gasteiger partial charge is 0.257 e. The Morgan fingerprint density at radius 1 is 1.35 bits per heavy atom. The Balaban J connectivity index is 1.36. The average Bonchev–Trinajstić information content (AvgIpc) is 3.05. The topological polar surface area (TPSA) is 89.9 Å². The summed E-state index contributed by atoms with van der Waals surface area (Å²) in [5.74, 6) is 0.597. The maximum Gasteiger partial charge on any atom is 0.257 e. The van der Waals surface area contributed by atoms with Crippen LogP contribution in [0.1, 0.15) is 53.3 Å². The van der Waals surface area contributed by atoms with Crippen LogP contribution in [0.4, 0.5) is 0 Å². The van der Waals surface area contributed by atoms with Gasteiger partial charge in [-0.25, -0.2) is 4.98 Å². The second-order valence-electron chi connectivity index (χ2n) is 7.28. The fraction of sp³-hybridized carbons (Fsp3) is 0.500. The summed E-state index contributed by atoms with van der Waals surface area (Å²) in [6.45, 7) is 3.30. The molecule has 5 rings (SSSR count). The predicted octanol–water partition coefficient (Wildman–Crippen LogP) is 2.30. The molecule has 1 aliphatic heterocycles. The molecule has 1 saturated heterocycles. The van der Waals surface area contributed by atoms with Gasteiger partial charge < -0.3 is 9.42 Å². The molecule has 3 aromatic heterocycles. The van der Waals surface area contributed by atoms with Gasteiger partial charge in [-0.3, -0.25) is 9.48 Å². The molecule has 0 aromatic carbocycles. The van der Waals surface area contributed by atoms with Crippen molar-refractivity contribution in [3.05, 3.63) is 35.4 Å². The number of likely N-dealkylation sites (tertiary alicyclic amines) is 1. The van der Waals surface area contributed by atoms with Crippen LogP contribution in [0.2, 0.25) is 0 Å². The molecule has 1 amide bonds. The van der Waals surface area contributed by atoms with Crippen molar-refractivity contribution in [2.24, 2.45) is 0 Å². The lowest BCUT2D eigenvalue weighted by Gasteiger charge is -2.24. The van der Waals surface area contributed by atoms with E-state index in [1.807, 2.05) is 28.8 Å². The number of aromatic nitrogens is 5. The Hall–Kier alpha value is -2.77. The van der Waals surface area contributed by atoms with E-state index in [1.54, 1.807) is 6.20 Å². The number of carbonyl (C=O) groups is 1. The maximum atomic E-state index is 13.0. The third kappa shape index (κ3) is 2.65. The number of hydrogen-bond donors (Lipinski definition) is 0. The van der Waals surface area contributed by atoms with Crippen molar-refractivity contribution in [1.29, 1.82) is 0 Å². The average molecular weight is 352 g/mol. The van der Waals surface area contributed by atoms with Crippen LogP contribution in [0.3, 0.4) is 0 Å². The van der Waals surface area contributed by atoms with Gasteiger partial charge in [0.2, 0.25) is 0 Å². The minimum absolute atomic E-state index is 0.00466. The molecule has 8 nitrogen and oxygen atoms in total. The molecule has 2 aliphatic rings. The lowest BCUT2D eigenvalue weighted by atomic mass is 10.1. The highest BCUT2D eigenvalue weighted by atomic mass is 16.5. The Morgan fingerprint density at radius 3 is 3.08 bits per heavy atom. The van der Waals surface area contributed by atoms with Gasteiger partial charge >= 0.3 is 0 Å². The van der Waals surface area contributed by atoms with Crippen LogP contribution >= 0.6 is 0 Å². The molecule has 1 aliphatic carbocycles. The summed E-state index contributed by atoms with van der Waals surface area (Å²) in [4.78, 5) is 19.2. The Kier molecular flexibility index (Phi) is 3.51. The van der Waals surface area contributed by atoms with Crippen molar-refractivity contribution in [2.75, 3.05) is 6.54 Å². The van der Waals surface area contributed by atoms with Gasteiger partial charge in [0, 0.05) is 24.9 Å². The van der Waals surface area contributed by atoms with Crippen LogP contribution in [0.25, 0.3) is 11.1 Å². The zero-order valence-corrected chi connectivity index (χ0v) is 14.6. The zero-order valence-electron chi connectivity index (χ0n) is 14.6. The third-order valence-corrected chi connectivity index (χ3v) is 5.34. The van der Waals surface area contributed by atoms with Crippen molar-refractivity contribution < 1.29 is 9.32 Å². The maximum absolute atomic E-state index is 13.0. The summed E-state index contributed by atoms with van der Waals surface area (Å²) in [6, 6.07) is 1.96. The number of aryl methyl sites for hydroxylation is 1. The molecular formula is C18H20N6O2. The van der Waals surface area contributed by atoms with Crippen LogP contribution < -0.4 is 0 Å². The molecular weight excluding hydrogens is 332 g/mol. The second kappa shape index (κ2) is 5.89. The predicted molar refractivity (Wildman–Crippen MR) is 92.6 cm³/mol. The van der Waals surface area contributed by atoms with Gasteiger partial charge in [-0.1, -0.05) is 10.4 Å². The van der Waals surface area contributed by atoms with E-state index in [0.29, 0.717) is 23.7 Å². The number of hydrogen-bond acceptors (Lipinski definition) is 6. The second-order valence-corrected chi connectivity index (χ2v) is 7.28. The highest BCUT2D eigenvalue weighted by Crippen LogP contribution is 2.38. The number of amides is 1. The minimum Gasteiger partial charge on any atom is -0.336 e. The highest BCUT2D eigenvalue weighted by molar-refractivity contribution is 5.97. The lowest BCUT2D eigenvalue weighted by Crippen LogP contribution is -2.38. The van der Waals surface area contributed by atoms with Crippen molar-refractivity contribution in [3.8, 4) is 0 Å². The summed E-state index contributed by atoms with van der Waals surface area (Å²) in [5, 5.41) is 13.2. The standard InChI is InChI=1S/C18H20N6O2/c1-11-15-7-13(8-19-17(15)26-21-11)18(25)24-6-2-3-14(24)9-23-10-16(20-22-23)12-4-5-12/h7-8,10,12,14H,2-6,9H2,1H3/t14-/m0/s1. The first-order valence-electron chi connectivity index (χ1n) is 9.12. The molecule has 4 heterocycles. The van der Waals surface area contributed by atoms with Crippen LogP contribution in [0.15, 0.2) is 23.0 Å². The van der Waals surface area contributed by atoms with Gasteiger partial charge in [0.15, 0.2) is 0 Å². The monoisotopic (exact) mass is 352 g/mol. The van der Waals surface area contributed by atoms with E-state index in [9.17, 15) is 4.79 Å². The largest absolute Gasteiger partial charge is 0.336 e. The lowest BCUT2D eigenvalue weighted by molar-refractivity contribution is 0.0721. The number of fused-ring (bicyclic) bond motifs is 1. The van der Waals surface area contributed by atoms with Crippen LogP contribution in [-0.4, -0.2) is 48.5 Å². The molecule has 0 spiro atoms. The number of rotatable bonds is 4. The first kappa shape index (κ1) is 15.5. The van der Waals surface area contributed by atoms with Gasteiger partial charge in [-0.15, -0.1) is 5.10 Å². The molecule has 0 bridgehead atoms. The minimum atomic E-state index is 0.00466. The number of pyridine rings is 1. The Morgan fingerprint density at radius 2 is 2.23 bits per heavy atom. The molecule has 1 saturated carbocycles. The summed E-state index contributed by atoms with van der Waals surface area (Å²) >= 11 is 0. The molecule has 134 valence electrons. The van der Waals surface area contributed by atoms with Crippen molar-refractivity contribution in [2.45, 2.75) is 51.1 Å². The van der Waals surface area contributed by atoms with Crippen LogP contribution in [0.5, 0.6) is 0 Å². The molecule has 2 fully saturated rings. The van der Waals surface area contributed by atoms with Gasteiger partial charge in [0.1, 0.15) is 0 Å². The first-order valence-corrected chi connectivity index (χ1v) is 9.12. The first-order chi connectivity index (χ1) is 12.7. The quantitative estimate of drug-likeness (QED) is 0.716. The van der Waals surface area contributed by atoms with Crippen molar-refractivity contribution in [3.63, 3.8) is 0 Å². The molecule has 8 heteroatoms. The highest BCUT2D eigenvalue weighted by Gasteiger charge is 2.31. The van der Waals surface area contributed by atoms with E-state index in [-0.39, 0.29) is 11.9 Å². The summed E-state index contributed by atoms with van der Waals surface area (Å²) < 4.78 is 7.02. The molecule has 0 radical (unpaired) electrons. The number of carbonyl (C=O) groups excluding carboxylic acids is 1. The van der Waals surface area contributed by atoms with E-state index in [4.69, 9.17) is 4.52 Å². The molecule has 0 unspecified atom stereocenters. The summed E-state index contributed by atoms with van der Waals surface area (Å²) in [7, 11) is 0. The van der Waals surface area contributed by atoms with E-state index in [0.717, 1.165) is 36.2 Å². The van der Waals surface area contributed by atoms with Crippen LogP contribution in [0, 0.1) is 6.92 Å². The molecule has 0 N–H and O–H groups in total. The van der Waals surface area contributed by atoms with Crippen molar-refractivity contribution in [1.82, 2.24) is 30.0 Å². The Bertz CT molecular complexity index is 973. The normalized spacial score (nSPS) is 20.2. The van der Waals surface area contributed by atoms with Gasteiger partial charge in [0.05, 0.1) is 34.9 Å². The summed E-state index contributed by atoms with van der Waals surface area (Å²) in [5.41, 5.74) is 2.87. The van der Waals surface area contributed by atoms with Gasteiger partial charge in [-0.05, 0) is 38.7 Å². The van der Waals surface area contributed by atoms with Gasteiger partial charge in [0.25, 0.3) is 11.6 Å². The fourth-order valence-corrected chi connectivity index (χ4v) is 3.71. The molecule has 1 atom stereocenters. The van der Waals surface area contributed by atoms with E-state index in [2.05, 4.69) is 20.5 Å². The third-order valence-electron chi connectivity index (χ3n) is 5.34. The van der Waals surface area contributed by atoms with E-state index in [1.165, 1.54) is 12.8 Å². The van der Waals surface area contributed by atoms with Gasteiger partial charge in [-0.2, -0.15) is 0 Å². The zero-order chi connectivity index (χ0) is 17.7. The summed E-state index contributed by atoms with van der Waals surface area (Å²) in [6.07, 6.45) is 8.02. The Labute approximate surface area is 150 Å². The fourth-order valence-electron chi connectivity index (χ4n) is 3.71.